The quantitative estimate of drug-likeness (QED) is 0.838. The van der Waals surface area contributed by atoms with Crippen LogP contribution in [0.1, 0.15) is 31.5 Å². The van der Waals surface area contributed by atoms with Gasteiger partial charge >= 0.3 is 6.18 Å². The van der Waals surface area contributed by atoms with Crippen molar-refractivity contribution in [2.75, 3.05) is 24.5 Å². The summed E-state index contributed by atoms with van der Waals surface area (Å²) in [4.78, 5) is 8.75. The SMILES string of the molecule is CC(C)N1CCn2c(c(N3CCC3)c3cc(C(F)(F)F)cnc32)C1. The van der Waals surface area contributed by atoms with Crippen molar-refractivity contribution in [2.45, 2.75) is 45.6 Å². The van der Waals surface area contributed by atoms with Gasteiger partial charge in [0.05, 0.1) is 16.9 Å². The van der Waals surface area contributed by atoms with E-state index >= 15 is 0 Å². The maximum atomic E-state index is 13.1. The number of alkyl halides is 3. The van der Waals surface area contributed by atoms with Crippen molar-refractivity contribution in [3.63, 3.8) is 0 Å². The Morgan fingerprint density at radius 2 is 1.88 bits per heavy atom. The van der Waals surface area contributed by atoms with E-state index < -0.39 is 11.7 Å². The molecule has 0 radical (unpaired) electrons. The third-order valence-corrected chi connectivity index (χ3v) is 5.17. The van der Waals surface area contributed by atoms with Gasteiger partial charge in [0, 0.05) is 50.3 Å². The largest absolute Gasteiger partial charge is 0.417 e. The molecule has 24 heavy (non-hydrogen) atoms. The summed E-state index contributed by atoms with van der Waals surface area (Å²) in [6.45, 7) is 8.56. The highest BCUT2D eigenvalue weighted by molar-refractivity contribution is 5.94. The average Bonchev–Trinajstić information content (AvgIpc) is 2.78. The van der Waals surface area contributed by atoms with E-state index in [-0.39, 0.29) is 0 Å². The van der Waals surface area contributed by atoms with Gasteiger partial charge in [0.25, 0.3) is 0 Å². The van der Waals surface area contributed by atoms with E-state index in [0.717, 1.165) is 56.7 Å². The summed E-state index contributed by atoms with van der Waals surface area (Å²) in [5, 5.41) is 0.644. The number of anilines is 1. The second-order valence-electron chi connectivity index (χ2n) is 6.94. The highest BCUT2D eigenvalue weighted by Crippen LogP contribution is 2.40. The van der Waals surface area contributed by atoms with Crippen LogP contribution in [0.25, 0.3) is 11.0 Å². The fourth-order valence-electron chi connectivity index (χ4n) is 3.65. The molecule has 0 atom stereocenters. The fraction of sp³-hybridized carbons (Fsp3) is 0.588. The minimum atomic E-state index is -4.36. The highest BCUT2D eigenvalue weighted by Gasteiger charge is 2.34. The predicted octanol–water partition coefficient (Wildman–Crippen LogP) is 3.49. The number of hydrogen-bond acceptors (Lipinski definition) is 3. The molecule has 0 saturated carbocycles. The van der Waals surface area contributed by atoms with Crippen LogP contribution < -0.4 is 4.90 Å². The lowest BCUT2D eigenvalue weighted by Crippen LogP contribution is -2.41. The molecule has 1 fully saturated rings. The van der Waals surface area contributed by atoms with Crippen molar-refractivity contribution in [1.29, 1.82) is 0 Å². The Labute approximate surface area is 138 Å². The summed E-state index contributed by atoms with van der Waals surface area (Å²) in [5.74, 6) is 0. The molecular formula is C17H21F3N4. The Bertz CT molecular complexity index is 774. The zero-order chi connectivity index (χ0) is 17.1. The van der Waals surface area contributed by atoms with Crippen LogP contribution in [-0.2, 0) is 19.3 Å². The molecule has 4 nitrogen and oxygen atoms in total. The van der Waals surface area contributed by atoms with E-state index in [1.807, 2.05) is 0 Å². The molecule has 2 aromatic heterocycles. The number of nitrogens with zero attached hydrogens (tertiary/aromatic N) is 4. The number of rotatable bonds is 2. The van der Waals surface area contributed by atoms with E-state index in [1.165, 1.54) is 6.07 Å². The maximum absolute atomic E-state index is 13.1. The molecule has 0 N–H and O–H groups in total. The van der Waals surface area contributed by atoms with Crippen molar-refractivity contribution in [3.8, 4) is 0 Å². The molecular weight excluding hydrogens is 317 g/mol. The third-order valence-electron chi connectivity index (χ3n) is 5.17. The Balaban J connectivity index is 1.90. The number of pyridine rings is 1. The van der Waals surface area contributed by atoms with Gasteiger partial charge in [0.15, 0.2) is 0 Å². The van der Waals surface area contributed by atoms with E-state index in [0.29, 0.717) is 17.1 Å². The first-order chi connectivity index (χ1) is 11.4. The first-order valence-corrected chi connectivity index (χ1v) is 8.43. The van der Waals surface area contributed by atoms with Crippen LogP contribution in [0.4, 0.5) is 18.9 Å². The zero-order valence-electron chi connectivity index (χ0n) is 13.9. The normalized spacial score (nSPS) is 19.0. The summed E-state index contributed by atoms with van der Waals surface area (Å²) in [6.07, 6.45) is -2.31. The second kappa shape index (κ2) is 5.37. The molecule has 0 bridgehead atoms. The standard InChI is InChI=1S/C17H21F3N4/c1-11(2)23-6-7-24-14(10-23)15(22-4-3-5-22)13-8-12(17(18,19)20)9-21-16(13)24/h8-9,11H,3-7,10H2,1-2H3. The van der Waals surface area contributed by atoms with E-state index in [9.17, 15) is 13.2 Å². The number of hydrogen-bond donors (Lipinski definition) is 0. The predicted molar refractivity (Wildman–Crippen MR) is 87.1 cm³/mol. The van der Waals surface area contributed by atoms with Crippen LogP contribution in [0.2, 0.25) is 0 Å². The monoisotopic (exact) mass is 338 g/mol. The lowest BCUT2D eigenvalue weighted by atomic mass is 10.1. The summed E-state index contributed by atoms with van der Waals surface area (Å²) < 4.78 is 41.5. The summed E-state index contributed by atoms with van der Waals surface area (Å²) in [7, 11) is 0. The van der Waals surface area contributed by atoms with Crippen molar-refractivity contribution in [2.24, 2.45) is 0 Å². The molecule has 2 aliphatic rings. The minimum Gasteiger partial charge on any atom is -0.369 e. The Morgan fingerprint density at radius 1 is 1.12 bits per heavy atom. The molecule has 4 rings (SSSR count). The number of halogens is 3. The van der Waals surface area contributed by atoms with E-state index in [4.69, 9.17) is 0 Å². The van der Waals surface area contributed by atoms with Crippen LogP contribution in [0, 0.1) is 0 Å². The number of aromatic nitrogens is 2. The Kier molecular flexibility index (Phi) is 3.53. The van der Waals surface area contributed by atoms with Crippen LogP contribution in [0.15, 0.2) is 12.3 Å². The molecule has 7 heteroatoms. The molecule has 4 heterocycles. The fourth-order valence-corrected chi connectivity index (χ4v) is 3.65. The van der Waals surface area contributed by atoms with Gasteiger partial charge < -0.3 is 9.47 Å². The van der Waals surface area contributed by atoms with Gasteiger partial charge in [0.1, 0.15) is 5.65 Å². The molecule has 2 aliphatic heterocycles. The van der Waals surface area contributed by atoms with Crippen molar-refractivity contribution < 1.29 is 13.2 Å². The summed E-state index contributed by atoms with van der Waals surface area (Å²) in [5.41, 5.74) is 2.08. The lowest BCUT2D eigenvalue weighted by molar-refractivity contribution is -0.137. The van der Waals surface area contributed by atoms with Crippen molar-refractivity contribution >= 4 is 16.7 Å². The number of fused-ring (bicyclic) bond motifs is 3. The van der Waals surface area contributed by atoms with Gasteiger partial charge in [-0.25, -0.2) is 4.98 Å². The topological polar surface area (TPSA) is 24.3 Å². The lowest BCUT2D eigenvalue weighted by Gasteiger charge is -2.37. The smallest absolute Gasteiger partial charge is 0.369 e. The first kappa shape index (κ1) is 15.7. The van der Waals surface area contributed by atoms with Gasteiger partial charge in [-0.05, 0) is 26.3 Å². The third kappa shape index (κ3) is 2.37. The molecule has 0 aliphatic carbocycles. The van der Waals surface area contributed by atoms with Gasteiger partial charge in [-0.15, -0.1) is 0 Å². The summed E-state index contributed by atoms with van der Waals surface area (Å²) >= 11 is 0. The van der Waals surface area contributed by atoms with Crippen LogP contribution in [-0.4, -0.2) is 40.1 Å². The zero-order valence-corrected chi connectivity index (χ0v) is 13.9. The van der Waals surface area contributed by atoms with Crippen LogP contribution in [0.5, 0.6) is 0 Å². The van der Waals surface area contributed by atoms with Gasteiger partial charge in [0.2, 0.25) is 0 Å². The maximum Gasteiger partial charge on any atom is 0.417 e. The van der Waals surface area contributed by atoms with Crippen molar-refractivity contribution in [1.82, 2.24) is 14.5 Å². The molecule has 2 aromatic rings. The average molecular weight is 338 g/mol. The highest BCUT2D eigenvalue weighted by atomic mass is 19.4. The molecule has 130 valence electrons. The van der Waals surface area contributed by atoms with Gasteiger partial charge in [-0.2, -0.15) is 13.2 Å². The molecule has 0 spiro atoms. The summed E-state index contributed by atoms with van der Waals surface area (Å²) in [6, 6.07) is 1.70. The van der Waals surface area contributed by atoms with Gasteiger partial charge in [-0.3, -0.25) is 4.90 Å². The van der Waals surface area contributed by atoms with Crippen LogP contribution >= 0.6 is 0 Å². The first-order valence-electron chi connectivity index (χ1n) is 8.43. The Morgan fingerprint density at radius 3 is 2.46 bits per heavy atom. The second-order valence-corrected chi connectivity index (χ2v) is 6.94. The molecule has 0 aromatic carbocycles. The van der Waals surface area contributed by atoms with Crippen molar-refractivity contribution in [3.05, 3.63) is 23.5 Å². The minimum absolute atomic E-state index is 0.416. The van der Waals surface area contributed by atoms with Gasteiger partial charge in [-0.1, -0.05) is 0 Å². The molecule has 1 saturated heterocycles. The Hall–Kier alpha value is -1.76. The van der Waals surface area contributed by atoms with Crippen LogP contribution in [0.3, 0.4) is 0 Å². The molecule has 0 unspecified atom stereocenters. The van der Waals surface area contributed by atoms with E-state index in [2.05, 4.69) is 33.2 Å². The van der Waals surface area contributed by atoms with E-state index in [1.54, 1.807) is 0 Å². The molecule has 0 amide bonds.